The van der Waals surface area contributed by atoms with Gasteiger partial charge in [0, 0.05) is 38.3 Å². The van der Waals surface area contributed by atoms with E-state index < -0.39 is 0 Å². The van der Waals surface area contributed by atoms with E-state index in [1.54, 1.807) is 6.07 Å². The van der Waals surface area contributed by atoms with E-state index in [0.717, 1.165) is 62.9 Å². The second kappa shape index (κ2) is 9.31. The van der Waals surface area contributed by atoms with E-state index >= 15 is 4.39 Å². The summed E-state index contributed by atoms with van der Waals surface area (Å²) in [6, 6.07) is 13.2. The molecule has 1 saturated heterocycles. The topological polar surface area (TPSA) is 68.5 Å². The van der Waals surface area contributed by atoms with Crippen molar-refractivity contribution in [1.29, 1.82) is 0 Å². The van der Waals surface area contributed by atoms with Gasteiger partial charge in [-0.2, -0.15) is 0 Å². The van der Waals surface area contributed by atoms with Crippen molar-refractivity contribution >= 4 is 0 Å². The molecule has 0 bridgehead atoms. The monoisotopic (exact) mass is 464 g/mol. The maximum Gasteiger partial charge on any atom is 0.231 e. The van der Waals surface area contributed by atoms with Gasteiger partial charge in [0.1, 0.15) is 11.9 Å². The Morgan fingerprint density at radius 3 is 2.59 bits per heavy atom. The normalized spacial score (nSPS) is 20.1. The minimum Gasteiger partial charge on any atom is -0.454 e. The van der Waals surface area contributed by atoms with Crippen molar-refractivity contribution in [2.75, 3.05) is 33.0 Å². The zero-order chi connectivity index (χ0) is 22.9. The number of aromatic nitrogens is 4. The lowest BCUT2D eigenvalue weighted by Gasteiger charge is -2.39. The molecule has 2 aliphatic heterocycles. The first-order valence-corrected chi connectivity index (χ1v) is 12.1. The largest absolute Gasteiger partial charge is 0.454 e. The number of rotatable bonds is 6. The third-order valence-electron chi connectivity index (χ3n) is 7.25. The van der Waals surface area contributed by atoms with E-state index in [4.69, 9.17) is 9.47 Å². The van der Waals surface area contributed by atoms with E-state index in [9.17, 15) is 0 Å². The van der Waals surface area contributed by atoms with Gasteiger partial charge in [-0.05, 0) is 47.0 Å². The molecule has 2 fully saturated rings. The second-order valence-electron chi connectivity index (χ2n) is 9.34. The third-order valence-corrected chi connectivity index (χ3v) is 7.25. The van der Waals surface area contributed by atoms with Gasteiger partial charge in [0.15, 0.2) is 17.3 Å². The minimum atomic E-state index is -0.301. The Kier molecular flexibility index (Phi) is 5.88. The van der Waals surface area contributed by atoms with Crippen LogP contribution in [-0.4, -0.2) is 63.0 Å². The molecule has 3 aromatic rings. The fourth-order valence-electron chi connectivity index (χ4n) is 5.46. The first kappa shape index (κ1) is 21.5. The predicted octanol–water partition coefficient (Wildman–Crippen LogP) is 3.56. The van der Waals surface area contributed by atoms with Crippen LogP contribution in [0.3, 0.4) is 0 Å². The van der Waals surface area contributed by atoms with Gasteiger partial charge in [0.25, 0.3) is 0 Å². The van der Waals surface area contributed by atoms with Crippen molar-refractivity contribution in [3.05, 3.63) is 65.2 Å². The lowest BCUT2D eigenvalue weighted by atomic mass is 10.0. The number of hydrogen-bond acceptors (Lipinski definition) is 7. The standard InChI is InChI=1S/C25H29FN6O2/c26-21-8-4-3-7-20(21)24(25-27-28-29-32(25)19-5-1-2-6-19)31-13-11-30(12-14-31)16-18-9-10-22-23(15-18)34-17-33-22/h3-4,7-10,15,19,24H,1-2,5-6,11-14,16-17H2. The number of ether oxygens (including phenoxy) is 2. The van der Waals surface area contributed by atoms with Crippen LogP contribution in [0, 0.1) is 5.82 Å². The Bertz CT molecular complexity index is 1140. The number of piperazine rings is 1. The summed E-state index contributed by atoms with van der Waals surface area (Å²) in [5.74, 6) is 2.16. The molecule has 3 aliphatic rings. The summed E-state index contributed by atoms with van der Waals surface area (Å²) in [7, 11) is 0. The van der Waals surface area contributed by atoms with E-state index in [-0.39, 0.29) is 18.7 Å². The zero-order valence-corrected chi connectivity index (χ0v) is 19.1. The van der Waals surface area contributed by atoms with Crippen molar-refractivity contribution in [3.63, 3.8) is 0 Å². The quantitative estimate of drug-likeness (QED) is 0.553. The second-order valence-corrected chi connectivity index (χ2v) is 9.34. The maximum atomic E-state index is 15.0. The van der Waals surface area contributed by atoms with Crippen LogP contribution in [0.1, 0.15) is 54.7 Å². The SMILES string of the molecule is Fc1ccccc1C(c1nnnn1C1CCCC1)N1CCN(Cc2ccc3c(c2)OCO3)CC1. The smallest absolute Gasteiger partial charge is 0.231 e. The van der Waals surface area contributed by atoms with E-state index in [2.05, 4.69) is 37.5 Å². The summed E-state index contributed by atoms with van der Waals surface area (Å²) < 4.78 is 27.9. The molecule has 6 rings (SSSR count). The molecule has 9 heteroatoms. The Hall–Kier alpha value is -3.04. The molecular formula is C25H29FN6O2. The van der Waals surface area contributed by atoms with E-state index in [1.165, 1.54) is 24.5 Å². The zero-order valence-electron chi connectivity index (χ0n) is 19.1. The molecule has 178 valence electrons. The first-order chi connectivity index (χ1) is 16.8. The molecule has 8 nitrogen and oxygen atoms in total. The number of benzene rings is 2. The molecule has 0 radical (unpaired) electrons. The molecule has 34 heavy (non-hydrogen) atoms. The Morgan fingerprint density at radius 1 is 0.971 bits per heavy atom. The highest BCUT2D eigenvalue weighted by molar-refractivity contribution is 5.44. The van der Waals surface area contributed by atoms with Gasteiger partial charge in [-0.3, -0.25) is 9.80 Å². The molecule has 0 spiro atoms. The van der Waals surface area contributed by atoms with Crippen LogP contribution in [0.4, 0.5) is 4.39 Å². The van der Waals surface area contributed by atoms with Crippen LogP contribution in [0.15, 0.2) is 42.5 Å². The highest BCUT2D eigenvalue weighted by Crippen LogP contribution is 2.36. The number of fused-ring (bicyclic) bond motifs is 1. The van der Waals surface area contributed by atoms with Crippen molar-refractivity contribution < 1.29 is 13.9 Å². The number of hydrogen-bond donors (Lipinski definition) is 0. The lowest BCUT2D eigenvalue weighted by Crippen LogP contribution is -2.48. The van der Waals surface area contributed by atoms with Gasteiger partial charge in [0.05, 0.1) is 6.04 Å². The fraction of sp³-hybridized carbons (Fsp3) is 0.480. The Morgan fingerprint density at radius 2 is 1.76 bits per heavy atom. The molecular weight excluding hydrogens is 435 g/mol. The Balaban J connectivity index is 1.21. The molecule has 1 aromatic heterocycles. The van der Waals surface area contributed by atoms with Gasteiger partial charge in [-0.1, -0.05) is 37.1 Å². The van der Waals surface area contributed by atoms with Crippen LogP contribution >= 0.6 is 0 Å². The fourth-order valence-corrected chi connectivity index (χ4v) is 5.46. The summed E-state index contributed by atoms with van der Waals surface area (Å²) in [6.45, 7) is 4.50. The van der Waals surface area contributed by atoms with Crippen molar-refractivity contribution in [2.45, 2.75) is 44.3 Å². The van der Waals surface area contributed by atoms with Crippen LogP contribution < -0.4 is 9.47 Å². The molecule has 2 aromatic carbocycles. The van der Waals surface area contributed by atoms with Crippen molar-refractivity contribution in [3.8, 4) is 11.5 Å². The van der Waals surface area contributed by atoms with Gasteiger partial charge < -0.3 is 9.47 Å². The number of tetrazole rings is 1. The van der Waals surface area contributed by atoms with Crippen LogP contribution in [0.2, 0.25) is 0 Å². The van der Waals surface area contributed by atoms with Crippen LogP contribution in [0.5, 0.6) is 11.5 Å². The molecule has 1 aliphatic carbocycles. The van der Waals surface area contributed by atoms with Gasteiger partial charge in [0.2, 0.25) is 6.79 Å². The molecule has 0 amide bonds. The summed E-state index contributed by atoms with van der Waals surface area (Å²) >= 11 is 0. The summed E-state index contributed by atoms with van der Waals surface area (Å²) in [5, 5.41) is 12.8. The van der Waals surface area contributed by atoms with E-state index in [0.29, 0.717) is 11.6 Å². The predicted molar refractivity (Wildman–Crippen MR) is 123 cm³/mol. The number of halogens is 1. The highest BCUT2D eigenvalue weighted by Gasteiger charge is 2.34. The summed E-state index contributed by atoms with van der Waals surface area (Å²) in [6.07, 6.45) is 4.52. The van der Waals surface area contributed by atoms with Crippen LogP contribution in [-0.2, 0) is 6.54 Å². The molecule has 1 atom stereocenters. The van der Waals surface area contributed by atoms with Gasteiger partial charge >= 0.3 is 0 Å². The Labute approximate surface area is 198 Å². The molecule has 3 heterocycles. The minimum absolute atomic E-state index is 0.212. The van der Waals surface area contributed by atoms with Crippen LogP contribution in [0.25, 0.3) is 0 Å². The molecule has 1 unspecified atom stereocenters. The number of nitrogens with zero attached hydrogens (tertiary/aromatic N) is 6. The molecule has 1 saturated carbocycles. The van der Waals surface area contributed by atoms with Gasteiger partial charge in [-0.15, -0.1) is 5.10 Å². The van der Waals surface area contributed by atoms with Crippen molar-refractivity contribution in [2.24, 2.45) is 0 Å². The average Bonchev–Trinajstić information content (AvgIpc) is 3.63. The maximum absolute atomic E-state index is 15.0. The van der Waals surface area contributed by atoms with Gasteiger partial charge in [-0.25, -0.2) is 9.07 Å². The van der Waals surface area contributed by atoms with Crippen molar-refractivity contribution in [1.82, 2.24) is 30.0 Å². The first-order valence-electron chi connectivity index (χ1n) is 12.1. The summed E-state index contributed by atoms with van der Waals surface area (Å²) in [5.41, 5.74) is 1.84. The highest BCUT2D eigenvalue weighted by atomic mass is 19.1. The third kappa shape index (κ3) is 4.14. The van der Waals surface area contributed by atoms with E-state index in [1.807, 2.05) is 22.9 Å². The lowest BCUT2D eigenvalue weighted by molar-refractivity contribution is 0.0980. The summed E-state index contributed by atoms with van der Waals surface area (Å²) in [4.78, 5) is 4.75. The average molecular weight is 465 g/mol. The molecule has 0 N–H and O–H groups in total.